The lowest BCUT2D eigenvalue weighted by Gasteiger charge is -2.36. The van der Waals surface area contributed by atoms with Crippen molar-refractivity contribution in [2.45, 2.75) is 31.7 Å². The highest BCUT2D eigenvalue weighted by atomic mass is 32.2. The quantitative estimate of drug-likeness (QED) is 0.359. The summed E-state index contributed by atoms with van der Waals surface area (Å²) in [5, 5.41) is 3.38. The first-order valence-corrected chi connectivity index (χ1v) is 14.8. The van der Waals surface area contributed by atoms with Crippen LogP contribution < -0.4 is 10.2 Å². The van der Waals surface area contributed by atoms with Gasteiger partial charge in [-0.25, -0.2) is 27.2 Å². The van der Waals surface area contributed by atoms with Crippen molar-refractivity contribution in [3.8, 4) is 11.4 Å². The number of sulfone groups is 1. The summed E-state index contributed by atoms with van der Waals surface area (Å²) in [7, 11) is -3.69. The number of amides is 1. The molecule has 0 unspecified atom stereocenters. The van der Waals surface area contributed by atoms with Crippen LogP contribution in [-0.4, -0.2) is 48.6 Å². The van der Waals surface area contributed by atoms with Crippen LogP contribution in [0.5, 0.6) is 0 Å². The van der Waals surface area contributed by atoms with Crippen molar-refractivity contribution in [2.75, 3.05) is 24.2 Å². The van der Waals surface area contributed by atoms with E-state index in [1.54, 1.807) is 18.3 Å². The molecule has 1 aromatic carbocycles. The van der Waals surface area contributed by atoms with Gasteiger partial charge in [0.25, 0.3) is 5.91 Å². The molecular weight excluding hydrogens is 536 g/mol. The maximum Gasteiger partial charge on any atom is 0.251 e. The van der Waals surface area contributed by atoms with Crippen LogP contribution in [0.15, 0.2) is 59.6 Å². The van der Waals surface area contributed by atoms with Gasteiger partial charge in [0.15, 0.2) is 9.84 Å². The minimum Gasteiger partial charge on any atom is -0.356 e. The highest BCUT2D eigenvalue weighted by Gasteiger charge is 2.24. The normalized spacial score (nSPS) is 17.7. The van der Waals surface area contributed by atoms with Crippen molar-refractivity contribution in [3.63, 3.8) is 0 Å². The van der Waals surface area contributed by atoms with Gasteiger partial charge in [0.1, 0.15) is 17.5 Å². The van der Waals surface area contributed by atoms with E-state index in [1.807, 2.05) is 6.07 Å². The molecule has 4 aromatic rings. The second kappa shape index (κ2) is 10.9. The molecule has 8 nitrogen and oxygen atoms in total. The molecule has 0 saturated carbocycles. The summed E-state index contributed by atoms with van der Waals surface area (Å²) in [6.45, 7) is 6.01. The Kier molecular flexibility index (Phi) is 7.50. The molecule has 1 aliphatic rings. The van der Waals surface area contributed by atoms with E-state index in [4.69, 9.17) is 4.98 Å². The smallest absolute Gasteiger partial charge is 0.251 e. The van der Waals surface area contributed by atoms with Crippen molar-refractivity contribution in [2.24, 2.45) is 11.8 Å². The molecule has 0 radical (unpaired) electrons. The van der Waals surface area contributed by atoms with Crippen molar-refractivity contribution in [3.05, 3.63) is 77.6 Å². The van der Waals surface area contributed by atoms with Gasteiger partial charge >= 0.3 is 0 Å². The SMILES string of the molecule is C[C@@H]1C[C@H](C)CN(c2cc(F)cc(-c3ccc4cnc(CNC(=O)c5cc(F)cc(S(C)(=O)=O)c5)cc4n3)n2)C1. The Labute approximate surface area is 231 Å². The molecule has 11 heteroatoms. The minimum absolute atomic E-state index is 0.000898. The summed E-state index contributed by atoms with van der Waals surface area (Å²) in [5.41, 5.74) is 1.86. The zero-order chi connectivity index (χ0) is 28.6. The number of pyridine rings is 3. The third-order valence-corrected chi connectivity index (χ3v) is 7.95. The van der Waals surface area contributed by atoms with Crippen LogP contribution in [-0.2, 0) is 16.4 Å². The number of fused-ring (bicyclic) bond motifs is 1. The van der Waals surface area contributed by atoms with Crippen LogP contribution in [0.4, 0.5) is 14.6 Å². The van der Waals surface area contributed by atoms with Crippen LogP contribution in [0, 0.1) is 23.5 Å². The molecule has 0 bridgehead atoms. The molecule has 5 rings (SSSR count). The van der Waals surface area contributed by atoms with Gasteiger partial charge in [-0.05, 0) is 54.7 Å². The maximum absolute atomic E-state index is 14.7. The summed E-state index contributed by atoms with van der Waals surface area (Å²) in [4.78, 5) is 28.2. The number of hydrogen-bond acceptors (Lipinski definition) is 7. The topological polar surface area (TPSA) is 105 Å². The minimum atomic E-state index is -3.69. The fourth-order valence-electron chi connectivity index (χ4n) is 5.10. The Morgan fingerprint density at radius 3 is 2.42 bits per heavy atom. The molecule has 1 amide bonds. The molecule has 0 aliphatic carbocycles. The van der Waals surface area contributed by atoms with Gasteiger partial charge < -0.3 is 10.2 Å². The van der Waals surface area contributed by atoms with Crippen LogP contribution >= 0.6 is 0 Å². The summed E-state index contributed by atoms with van der Waals surface area (Å²) >= 11 is 0. The third-order valence-electron chi connectivity index (χ3n) is 6.85. The van der Waals surface area contributed by atoms with E-state index in [2.05, 4.69) is 34.0 Å². The van der Waals surface area contributed by atoms with Gasteiger partial charge in [-0.3, -0.25) is 9.78 Å². The number of anilines is 1. The van der Waals surface area contributed by atoms with Gasteiger partial charge in [0.05, 0.1) is 34.0 Å². The van der Waals surface area contributed by atoms with Gasteiger partial charge in [0.2, 0.25) is 0 Å². The van der Waals surface area contributed by atoms with Gasteiger partial charge in [-0.1, -0.05) is 13.8 Å². The van der Waals surface area contributed by atoms with E-state index in [-0.39, 0.29) is 22.8 Å². The second-order valence-corrected chi connectivity index (χ2v) is 12.6. The number of nitrogens with zero attached hydrogens (tertiary/aromatic N) is 4. The van der Waals surface area contributed by atoms with E-state index in [0.29, 0.717) is 40.3 Å². The van der Waals surface area contributed by atoms with E-state index in [0.717, 1.165) is 49.4 Å². The van der Waals surface area contributed by atoms with Crippen LogP contribution in [0.2, 0.25) is 0 Å². The van der Waals surface area contributed by atoms with Crippen LogP contribution in [0.3, 0.4) is 0 Å². The number of piperidine rings is 1. The molecule has 0 spiro atoms. The summed E-state index contributed by atoms with van der Waals surface area (Å²) in [5.74, 6) is -0.291. The predicted molar refractivity (Wildman–Crippen MR) is 149 cm³/mol. The second-order valence-electron chi connectivity index (χ2n) is 10.6. The van der Waals surface area contributed by atoms with Gasteiger partial charge in [0, 0.05) is 48.6 Å². The lowest BCUT2D eigenvalue weighted by atomic mass is 9.92. The lowest BCUT2D eigenvalue weighted by Crippen LogP contribution is -2.39. The summed E-state index contributed by atoms with van der Waals surface area (Å²) < 4.78 is 52.2. The van der Waals surface area contributed by atoms with E-state index in [9.17, 15) is 22.0 Å². The zero-order valence-corrected chi connectivity index (χ0v) is 23.2. The fraction of sp³-hybridized carbons (Fsp3) is 0.310. The van der Waals surface area contributed by atoms with Crippen molar-refractivity contribution in [1.82, 2.24) is 20.3 Å². The number of nitrogens with one attached hydrogen (secondary N) is 1. The number of halogens is 2. The Balaban J connectivity index is 1.37. The number of aromatic nitrogens is 3. The largest absolute Gasteiger partial charge is 0.356 e. The monoisotopic (exact) mass is 565 g/mol. The Hall–Kier alpha value is -3.99. The first-order valence-electron chi connectivity index (χ1n) is 12.9. The average molecular weight is 566 g/mol. The first kappa shape index (κ1) is 27.6. The molecule has 1 N–H and O–H groups in total. The van der Waals surface area contributed by atoms with Crippen LogP contribution in [0.25, 0.3) is 22.3 Å². The number of carbonyl (C=O) groups excluding carboxylic acids is 1. The molecule has 4 heterocycles. The number of carbonyl (C=O) groups is 1. The molecule has 3 aromatic heterocycles. The Bertz CT molecular complexity index is 1700. The van der Waals surface area contributed by atoms with Crippen LogP contribution in [0.1, 0.15) is 36.3 Å². The molecular formula is C29H29F2N5O3S. The maximum atomic E-state index is 14.7. The molecule has 40 heavy (non-hydrogen) atoms. The summed E-state index contributed by atoms with van der Waals surface area (Å²) in [6, 6.07) is 11.1. The molecule has 1 aliphatic heterocycles. The van der Waals surface area contributed by atoms with Crippen molar-refractivity contribution in [1.29, 1.82) is 0 Å². The molecule has 208 valence electrons. The Morgan fingerprint density at radius 1 is 0.975 bits per heavy atom. The fourth-order valence-corrected chi connectivity index (χ4v) is 5.77. The highest BCUT2D eigenvalue weighted by molar-refractivity contribution is 7.90. The standard InChI is InChI=1S/C29H29F2N5O3S/c1-17-6-18(2)16-36(15-17)28-11-22(31)10-27(35-28)25-5-4-19-13-32-23(12-26(19)34-25)14-33-29(37)20-7-21(30)9-24(8-20)40(3,38)39/h4-5,7-13,17-18H,6,14-16H2,1-3H3,(H,33,37)/t17-,18+. The average Bonchev–Trinajstić information content (AvgIpc) is 2.89. The van der Waals surface area contributed by atoms with Crippen molar-refractivity contribution < 1.29 is 22.0 Å². The molecule has 1 saturated heterocycles. The van der Waals surface area contributed by atoms with E-state index >= 15 is 0 Å². The van der Waals surface area contributed by atoms with E-state index < -0.39 is 21.6 Å². The van der Waals surface area contributed by atoms with Crippen molar-refractivity contribution >= 4 is 32.5 Å². The Morgan fingerprint density at radius 2 is 1.70 bits per heavy atom. The van der Waals surface area contributed by atoms with Gasteiger partial charge in [-0.2, -0.15) is 0 Å². The number of benzene rings is 1. The molecule has 1 fully saturated rings. The number of hydrogen-bond donors (Lipinski definition) is 1. The third kappa shape index (κ3) is 6.25. The van der Waals surface area contributed by atoms with E-state index in [1.165, 1.54) is 12.1 Å². The molecule has 2 atom stereocenters. The lowest BCUT2D eigenvalue weighted by molar-refractivity contribution is 0.0949. The number of rotatable bonds is 6. The summed E-state index contributed by atoms with van der Waals surface area (Å²) in [6.07, 6.45) is 3.68. The predicted octanol–water partition coefficient (Wildman–Crippen LogP) is 4.79. The zero-order valence-electron chi connectivity index (χ0n) is 22.4. The van der Waals surface area contributed by atoms with Gasteiger partial charge in [-0.15, -0.1) is 0 Å². The highest BCUT2D eigenvalue weighted by Crippen LogP contribution is 2.28. The first-order chi connectivity index (χ1) is 18.9.